The first-order valence-corrected chi connectivity index (χ1v) is 13.2. The summed E-state index contributed by atoms with van der Waals surface area (Å²) in [6.45, 7) is 0.986. The molecular formula is C29H35N3O9. The van der Waals surface area contributed by atoms with Crippen LogP contribution in [0, 0.1) is 11.8 Å². The van der Waals surface area contributed by atoms with Gasteiger partial charge in [0.15, 0.2) is 11.4 Å². The minimum absolute atomic E-state index is 0.0293. The molecule has 0 saturated carbocycles. The van der Waals surface area contributed by atoms with Gasteiger partial charge in [0.25, 0.3) is 5.91 Å². The average Bonchev–Trinajstić information content (AvgIpc) is 2.87. The molecule has 12 heteroatoms. The first-order chi connectivity index (χ1) is 19.2. The Morgan fingerprint density at radius 2 is 1.83 bits per heavy atom. The van der Waals surface area contributed by atoms with Gasteiger partial charge >= 0.3 is 5.97 Å². The van der Waals surface area contributed by atoms with Gasteiger partial charge in [0, 0.05) is 24.1 Å². The van der Waals surface area contributed by atoms with Gasteiger partial charge in [0.05, 0.1) is 18.2 Å². The highest BCUT2D eigenvalue weighted by molar-refractivity contribution is 6.24. The minimum atomic E-state index is -2.70. The van der Waals surface area contributed by atoms with Crippen molar-refractivity contribution in [3.63, 3.8) is 0 Å². The number of amides is 1. The van der Waals surface area contributed by atoms with E-state index in [9.17, 15) is 39.6 Å². The van der Waals surface area contributed by atoms with Crippen LogP contribution in [0.1, 0.15) is 34.3 Å². The van der Waals surface area contributed by atoms with Crippen molar-refractivity contribution in [2.75, 3.05) is 41.3 Å². The number of esters is 1. The molecule has 0 unspecified atom stereocenters. The number of carbonyl (C=O) groups excluding carboxylic acids is 4. The topological polar surface area (TPSA) is 191 Å². The maximum Gasteiger partial charge on any atom is 0.330 e. The number of Topliss-reactive ketones (excluding diaryl/α,β-unsaturated/α-hetero) is 2. The fourth-order valence-corrected chi connectivity index (χ4v) is 6.19. The lowest BCUT2D eigenvalue weighted by molar-refractivity contribution is -0.148. The number of hydrogen-bond donors (Lipinski definition) is 5. The summed E-state index contributed by atoms with van der Waals surface area (Å²) >= 11 is 0. The van der Waals surface area contributed by atoms with Crippen molar-refractivity contribution < 1.29 is 44.3 Å². The van der Waals surface area contributed by atoms with Crippen LogP contribution in [-0.4, -0.2) is 107 Å². The lowest BCUT2D eigenvalue weighted by Gasteiger charge is -2.50. The van der Waals surface area contributed by atoms with Crippen LogP contribution >= 0.6 is 0 Å². The molecule has 1 aromatic carbocycles. The third-order valence-corrected chi connectivity index (χ3v) is 8.04. The summed E-state index contributed by atoms with van der Waals surface area (Å²) in [5, 5.41) is 44.5. The summed E-state index contributed by atoms with van der Waals surface area (Å²) in [5.41, 5.74) is 2.29. The maximum absolute atomic E-state index is 13.7. The first-order valence-electron chi connectivity index (χ1n) is 13.2. The smallest absolute Gasteiger partial charge is 0.330 e. The van der Waals surface area contributed by atoms with Gasteiger partial charge in [-0.3, -0.25) is 19.3 Å². The Labute approximate surface area is 237 Å². The van der Waals surface area contributed by atoms with Crippen LogP contribution in [0.4, 0.5) is 0 Å². The molecule has 0 fully saturated rings. The molecule has 41 heavy (non-hydrogen) atoms. The van der Waals surface area contributed by atoms with Crippen LogP contribution in [0.3, 0.4) is 0 Å². The fourth-order valence-electron chi connectivity index (χ4n) is 6.19. The van der Waals surface area contributed by atoms with Gasteiger partial charge in [-0.15, -0.1) is 0 Å². The van der Waals surface area contributed by atoms with Crippen LogP contribution in [0.25, 0.3) is 6.08 Å². The van der Waals surface area contributed by atoms with Crippen molar-refractivity contribution in [3.05, 3.63) is 57.6 Å². The van der Waals surface area contributed by atoms with E-state index in [4.69, 9.17) is 10.5 Å². The van der Waals surface area contributed by atoms with Crippen LogP contribution in [0.5, 0.6) is 5.75 Å². The van der Waals surface area contributed by atoms with Crippen molar-refractivity contribution in [3.8, 4) is 5.75 Å². The molecule has 220 valence electrons. The van der Waals surface area contributed by atoms with Gasteiger partial charge in [-0.05, 0) is 76.6 Å². The summed E-state index contributed by atoms with van der Waals surface area (Å²) < 4.78 is 5.22. The number of likely N-dealkylation sites (N-methyl/N-ethyl adjacent to an activating group) is 1. The molecule has 3 aliphatic rings. The average molecular weight is 570 g/mol. The van der Waals surface area contributed by atoms with E-state index < -0.39 is 64.0 Å². The molecule has 0 aromatic heterocycles. The maximum atomic E-state index is 13.7. The van der Waals surface area contributed by atoms with E-state index in [0.717, 1.165) is 6.54 Å². The largest absolute Gasteiger partial charge is 0.510 e. The number of nitrogens with two attached hydrogens (primary N) is 1. The number of phenols is 1. The van der Waals surface area contributed by atoms with E-state index in [1.807, 2.05) is 19.0 Å². The highest BCUT2D eigenvalue weighted by Crippen LogP contribution is 2.52. The monoisotopic (exact) mass is 569 g/mol. The van der Waals surface area contributed by atoms with E-state index in [-0.39, 0.29) is 36.3 Å². The third kappa shape index (κ3) is 5.03. The zero-order chi connectivity index (χ0) is 30.4. The number of aromatic hydroxyl groups is 1. The van der Waals surface area contributed by atoms with E-state index in [1.54, 1.807) is 20.2 Å². The van der Waals surface area contributed by atoms with Gasteiger partial charge < -0.3 is 35.8 Å². The molecule has 0 bridgehead atoms. The van der Waals surface area contributed by atoms with Crippen molar-refractivity contribution in [1.29, 1.82) is 0 Å². The normalized spacial score (nSPS) is 26.0. The van der Waals surface area contributed by atoms with Crippen LogP contribution in [-0.2, 0) is 25.5 Å². The standard InChI is InChI=1S/C29H35N3O9/c1-31(2)10-5-11-41-19(34)9-7-14-6-8-18(33)21-16(14)12-15-13-17-23(32(3)4)25(36)22(28(30)39)27(38)29(17,40)26(37)20(15)24(21)35/h6-9,15,17,23,33,36-37,40H,5,10-13H2,1-4H3,(H2,30,39)/b9-7+/t15-,17-,23-,29+/m1/s1. The predicted molar refractivity (Wildman–Crippen MR) is 147 cm³/mol. The molecule has 6 N–H and O–H groups in total. The number of ether oxygens (including phenoxy) is 1. The Kier molecular flexibility index (Phi) is 8.12. The second-order valence-electron chi connectivity index (χ2n) is 11.1. The molecule has 0 spiro atoms. The second-order valence-corrected chi connectivity index (χ2v) is 11.1. The molecular weight excluding hydrogens is 534 g/mol. The lowest BCUT2D eigenvalue weighted by atomic mass is 9.58. The molecule has 1 amide bonds. The summed E-state index contributed by atoms with van der Waals surface area (Å²) in [6, 6.07) is 1.74. The van der Waals surface area contributed by atoms with E-state index in [1.165, 1.54) is 23.1 Å². The Morgan fingerprint density at radius 1 is 1.15 bits per heavy atom. The van der Waals surface area contributed by atoms with Gasteiger partial charge in [0.2, 0.25) is 5.78 Å². The number of carbonyl (C=O) groups is 4. The van der Waals surface area contributed by atoms with Crippen molar-refractivity contribution in [2.24, 2.45) is 17.6 Å². The zero-order valence-corrected chi connectivity index (χ0v) is 23.4. The number of primary amides is 1. The summed E-state index contributed by atoms with van der Waals surface area (Å²) in [6.07, 6.45) is 3.45. The van der Waals surface area contributed by atoms with E-state index in [2.05, 4.69) is 0 Å². The lowest BCUT2D eigenvalue weighted by Crippen LogP contribution is -2.63. The van der Waals surface area contributed by atoms with Gasteiger partial charge in [-0.25, -0.2) is 4.79 Å². The number of aliphatic hydroxyl groups excluding tert-OH is 2. The molecule has 0 aliphatic heterocycles. The zero-order valence-electron chi connectivity index (χ0n) is 23.4. The number of nitrogens with zero attached hydrogens (tertiary/aromatic N) is 2. The number of benzene rings is 1. The summed E-state index contributed by atoms with van der Waals surface area (Å²) in [5.74, 6) is -7.73. The molecule has 0 radical (unpaired) electrons. The van der Waals surface area contributed by atoms with Crippen LogP contribution in [0.15, 0.2) is 40.9 Å². The van der Waals surface area contributed by atoms with Gasteiger partial charge in [-0.1, -0.05) is 6.07 Å². The first kappa shape index (κ1) is 30.0. The summed E-state index contributed by atoms with van der Waals surface area (Å²) in [4.78, 5) is 54.9. The Hall–Kier alpha value is -4.00. The van der Waals surface area contributed by atoms with E-state index in [0.29, 0.717) is 17.5 Å². The fraction of sp³-hybridized carbons (Fsp3) is 0.448. The van der Waals surface area contributed by atoms with Crippen LogP contribution in [0.2, 0.25) is 0 Å². The van der Waals surface area contributed by atoms with Crippen molar-refractivity contribution >= 4 is 29.5 Å². The Balaban J connectivity index is 1.74. The van der Waals surface area contributed by atoms with Gasteiger partial charge in [0.1, 0.15) is 22.8 Å². The van der Waals surface area contributed by atoms with E-state index >= 15 is 0 Å². The number of aliphatic hydroxyl groups is 3. The predicted octanol–water partition coefficient (Wildman–Crippen LogP) is 0.629. The van der Waals surface area contributed by atoms with Crippen molar-refractivity contribution in [2.45, 2.75) is 30.9 Å². The van der Waals surface area contributed by atoms with Gasteiger partial charge in [-0.2, -0.15) is 0 Å². The Bertz CT molecular complexity index is 1410. The Morgan fingerprint density at radius 3 is 2.44 bits per heavy atom. The van der Waals surface area contributed by atoms with Crippen LogP contribution < -0.4 is 5.73 Å². The third-order valence-electron chi connectivity index (χ3n) is 8.04. The highest BCUT2D eigenvalue weighted by atomic mass is 16.5. The number of fused-ring (bicyclic) bond motifs is 3. The molecule has 12 nitrogen and oxygen atoms in total. The molecule has 1 aromatic rings. The quantitative estimate of drug-likeness (QED) is 0.128. The molecule has 0 saturated heterocycles. The number of phenolic OH excluding ortho intramolecular Hbond substituents is 1. The molecule has 4 rings (SSSR count). The molecule has 4 atom stereocenters. The number of rotatable bonds is 8. The summed E-state index contributed by atoms with van der Waals surface area (Å²) in [7, 11) is 6.95. The van der Waals surface area contributed by atoms with Crippen molar-refractivity contribution in [1.82, 2.24) is 9.80 Å². The number of hydrogen-bond acceptors (Lipinski definition) is 11. The molecule has 3 aliphatic carbocycles. The number of allylic oxidation sites excluding steroid dienone is 1. The highest BCUT2D eigenvalue weighted by Gasteiger charge is 2.63. The molecule has 0 heterocycles. The number of ketones is 2. The minimum Gasteiger partial charge on any atom is -0.510 e. The second kappa shape index (κ2) is 11.1. The SMILES string of the molecule is CN(C)CCCOC(=O)/C=C/c1ccc(O)c2c1C[C@@H]1C[C@@H]3[C@@H](N(C)C)C(O)=C(C(N)=O)C(=O)[C@@]3(O)C(O)=C1C2=O.